The third-order valence-electron chi connectivity index (χ3n) is 3.35. The van der Waals surface area contributed by atoms with Crippen LogP contribution >= 0.6 is 0 Å². The van der Waals surface area contributed by atoms with Gasteiger partial charge in [0.2, 0.25) is 0 Å². The van der Waals surface area contributed by atoms with Crippen LogP contribution in [0.3, 0.4) is 0 Å². The lowest BCUT2D eigenvalue weighted by atomic mass is 10.1. The van der Waals surface area contributed by atoms with E-state index in [1.54, 1.807) is 13.0 Å². The van der Waals surface area contributed by atoms with Gasteiger partial charge in [-0.2, -0.15) is 0 Å². The Morgan fingerprint density at radius 2 is 2.50 bits per heavy atom. The summed E-state index contributed by atoms with van der Waals surface area (Å²) in [6.45, 7) is 4.45. The summed E-state index contributed by atoms with van der Waals surface area (Å²) >= 11 is 0. The van der Waals surface area contributed by atoms with Crippen molar-refractivity contribution in [3.05, 3.63) is 23.2 Å². The Hall–Kier alpha value is -1.37. The topological polar surface area (TPSA) is 91.7 Å². The second kappa shape index (κ2) is 5.51. The molecule has 1 fully saturated rings. The van der Waals surface area contributed by atoms with E-state index in [9.17, 15) is 4.79 Å². The van der Waals surface area contributed by atoms with Gasteiger partial charge in [0.05, 0.1) is 12.1 Å². The highest BCUT2D eigenvalue weighted by molar-refractivity contribution is 5.94. The van der Waals surface area contributed by atoms with Crippen molar-refractivity contribution in [1.82, 2.24) is 10.3 Å². The van der Waals surface area contributed by atoms with Gasteiger partial charge >= 0.3 is 0 Å². The number of furan rings is 1. The third kappa shape index (κ3) is 2.72. The molecule has 1 saturated heterocycles. The SMILES string of the molecule is Cc1oc(CN2CCC(CO)C2)cc1C(=O)NN. The van der Waals surface area contributed by atoms with Crippen molar-refractivity contribution < 1.29 is 14.3 Å². The van der Waals surface area contributed by atoms with Gasteiger partial charge in [0, 0.05) is 13.2 Å². The van der Waals surface area contributed by atoms with Crippen molar-refractivity contribution in [2.24, 2.45) is 11.8 Å². The average molecular weight is 253 g/mol. The first kappa shape index (κ1) is 13.1. The molecule has 6 nitrogen and oxygen atoms in total. The van der Waals surface area contributed by atoms with Crippen LogP contribution in [0, 0.1) is 12.8 Å². The van der Waals surface area contributed by atoms with Crippen LogP contribution in [0.5, 0.6) is 0 Å². The van der Waals surface area contributed by atoms with Crippen LogP contribution in [0.25, 0.3) is 0 Å². The van der Waals surface area contributed by atoms with E-state index in [-0.39, 0.29) is 12.5 Å². The first-order chi connectivity index (χ1) is 8.63. The summed E-state index contributed by atoms with van der Waals surface area (Å²) in [5, 5.41) is 9.09. The molecule has 0 aliphatic carbocycles. The summed E-state index contributed by atoms with van der Waals surface area (Å²) in [5.74, 6) is 6.45. The van der Waals surface area contributed by atoms with Crippen molar-refractivity contribution in [2.75, 3.05) is 19.7 Å². The van der Waals surface area contributed by atoms with Gasteiger partial charge in [-0.05, 0) is 31.9 Å². The second-order valence-corrected chi connectivity index (χ2v) is 4.73. The Balaban J connectivity index is 2.00. The first-order valence-electron chi connectivity index (χ1n) is 6.07. The van der Waals surface area contributed by atoms with Gasteiger partial charge in [-0.15, -0.1) is 0 Å². The number of nitrogen functional groups attached to an aromatic ring is 1. The molecule has 1 unspecified atom stereocenters. The Bertz CT molecular complexity index is 430. The van der Waals surface area contributed by atoms with Crippen LogP contribution in [-0.2, 0) is 6.54 Å². The van der Waals surface area contributed by atoms with Crippen LogP contribution < -0.4 is 11.3 Å². The molecule has 1 atom stereocenters. The van der Waals surface area contributed by atoms with Crippen molar-refractivity contribution >= 4 is 5.91 Å². The number of aliphatic hydroxyl groups is 1. The summed E-state index contributed by atoms with van der Waals surface area (Å²) < 4.78 is 5.55. The zero-order valence-corrected chi connectivity index (χ0v) is 10.5. The fraction of sp³-hybridized carbons (Fsp3) is 0.583. The molecular weight excluding hydrogens is 234 g/mol. The number of hydrazine groups is 1. The van der Waals surface area contributed by atoms with Gasteiger partial charge in [-0.1, -0.05) is 0 Å². The molecule has 0 saturated carbocycles. The number of carbonyl (C=O) groups excluding carboxylic acids is 1. The fourth-order valence-corrected chi connectivity index (χ4v) is 2.35. The zero-order chi connectivity index (χ0) is 13.1. The highest BCUT2D eigenvalue weighted by atomic mass is 16.3. The molecule has 2 heterocycles. The van der Waals surface area contributed by atoms with Crippen molar-refractivity contribution in [2.45, 2.75) is 19.9 Å². The molecule has 1 aliphatic rings. The van der Waals surface area contributed by atoms with Crippen molar-refractivity contribution in [3.63, 3.8) is 0 Å². The van der Waals surface area contributed by atoms with Gasteiger partial charge < -0.3 is 9.52 Å². The Kier molecular flexibility index (Phi) is 4.00. The quantitative estimate of drug-likeness (QED) is 0.399. The van der Waals surface area contributed by atoms with E-state index < -0.39 is 0 Å². The van der Waals surface area contributed by atoms with Gasteiger partial charge in [0.25, 0.3) is 5.91 Å². The number of rotatable bonds is 4. The standard InChI is InChI=1S/C12H19N3O3/c1-8-11(12(17)14-13)4-10(18-8)6-15-3-2-9(5-15)7-16/h4,9,16H,2-3,5-7,13H2,1H3,(H,14,17). The number of carbonyl (C=O) groups is 1. The molecule has 4 N–H and O–H groups in total. The maximum Gasteiger partial charge on any atom is 0.268 e. The predicted molar refractivity (Wildman–Crippen MR) is 65.6 cm³/mol. The van der Waals surface area contributed by atoms with Crippen LogP contribution in [-0.4, -0.2) is 35.6 Å². The number of amides is 1. The van der Waals surface area contributed by atoms with Gasteiger partial charge in [-0.25, -0.2) is 5.84 Å². The number of nitrogens with two attached hydrogens (primary N) is 1. The molecule has 0 aromatic carbocycles. The molecule has 6 heteroatoms. The van der Waals surface area contributed by atoms with Crippen molar-refractivity contribution in [1.29, 1.82) is 0 Å². The number of aliphatic hydroxyl groups excluding tert-OH is 1. The molecule has 0 bridgehead atoms. The minimum atomic E-state index is -0.336. The lowest BCUT2D eigenvalue weighted by Gasteiger charge is -2.13. The number of nitrogens with zero attached hydrogens (tertiary/aromatic N) is 1. The van der Waals surface area contributed by atoms with E-state index in [2.05, 4.69) is 10.3 Å². The highest BCUT2D eigenvalue weighted by Crippen LogP contribution is 2.21. The minimum Gasteiger partial charge on any atom is -0.464 e. The monoisotopic (exact) mass is 253 g/mol. The molecule has 1 amide bonds. The molecule has 1 aromatic rings. The predicted octanol–water partition coefficient (Wildman–Crippen LogP) is 0.00572. The molecular formula is C12H19N3O3. The van der Waals surface area contributed by atoms with E-state index in [4.69, 9.17) is 15.4 Å². The number of likely N-dealkylation sites (tertiary alicyclic amines) is 1. The summed E-state index contributed by atoms with van der Waals surface area (Å²) in [4.78, 5) is 13.7. The second-order valence-electron chi connectivity index (χ2n) is 4.73. The normalized spacial score (nSPS) is 20.3. The highest BCUT2D eigenvalue weighted by Gasteiger charge is 2.23. The molecule has 1 aromatic heterocycles. The minimum absolute atomic E-state index is 0.231. The number of aryl methyl sites for hydroxylation is 1. The number of nitrogens with one attached hydrogen (secondary N) is 1. The lowest BCUT2D eigenvalue weighted by Crippen LogP contribution is -2.30. The summed E-state index contributed by atoms with van der Waals surface area (Å²) in [5.41, 5.74) is 2.58. The molecule has 1 aliphatic heterocycles. The first-order valence-corrected chi connectivity index (χ1v) is 6.07. The maximum atomic E-state index is 11.4. The summed E-state index contributed by atoms with van der Waals surface area (Å²) in [6.07, 6.45) is 1.01. The molecule has 0 spiro atoms. The van der Waals surface area contributed by atoms with Crippen LogP contribution in [0.4, 0.5) is 0 Å². The maximum absolute atomic E-state index is 11.4. The molecule has 100 valence electrons. The Morgan fingerprint density at radius 1 is 1.72 bits per heavy atom. The Labute approximate surface area is 106 Å². The molecule has 2 rings (SSSR count). The largest absolute Gasteiger partial charge is 0.464 e. The van der Waals surface area contributed by atoms with E-state index in [1.807, 2.05) is 0 Å². The van der Waals surface area contributed by atoms with E-state index in [0.717, 1.165) is 25.3 Å². The zero-order valence-electron chi connectivity index (χ0n) is 10.5. The van der Waals surface area contributed by atoms with Gasteiger partial charge in [0.15, 0.2) is 0 Å². The lowest BCUT2D eigenvalue weighted by molar-refractivity contribution is 0.0952. The van der Waals surface area contributed by atoms with Crippen LogP contribution in [0.2, 0.25) is 0 Å². The summed E-state index contributed by atoms with van der Waals surface area (Å²) in [7, 11) is 0. The van der Waals surface area contributed by atoms with Crippen molar-refractivity contribution in [3.8, 4) is 0 Å². The van der Waals surface area contributed by atoms with E-state index >= 15 is 0 Å². The van der Waals surface area contributed by atoms with Gasteiger partial charge in [0.1, 0.15) is 11.5 Å². The van der Waals surface area contributed by atoms with Crippen LogP contribution in [0.1, 0.15) is 28.3 Å². The molecule has 0 radical (unpaired) electrons. The average Bonchev–Trinajstić information content (AvgIpc) is 2.95. The molecule has 18 heavy (non-hydrogen) atoms. The van der Waals surface area contributed by atoms with Crippen LogP contribution in [0.15, 0.2) is 10.5 Å². The van der Waals surface area contributed by atoms with E-state index in [1.165, 1.54) is 0 Å². The third-order valence-corrected chi connectivity index (χ3v) is 3.35. The fourth-order valence-electron chi connectivity index (χ4n) is 2.35. The van der Waals surface area contributed by atoms with E-state index in [0.29, 0.717) is 23.8 Å². The number of hydrogen-bond acceptors (Lipinski definition) is 5. The summed E-state index contributed by atoms with van der Waals surface area (Å²) in [6, 6.07) is 1.73. The van der Waals surface area contributed by atoms with Gasteiger partial charge in [-0.3, -0.25) is 15.1 Å². The number of hydrogen-bond donors (Lipinski definition) is 3. The Morgan fingerprint density at radius 3 is 3.11 bits per heavy atom. The smallest absolute Gasteiger partial charge is 0.268 e.